The number of carbonyl (C=O) groups excluding carboxylic acids is 1. The van der Waals surface area contributed by atoms with Gasteiger partial charge in [0.1, 0.15) is 12.4 Å². The summed E-state index contributed by atoms with van der Waals surface area (Å²) < 4.78 is 13.6. The van der Waals surface area contributed by atoms with Crippen molar-refractivity contribution in [2.45, 2.75) is 13.3 Å². The second kappa shape index (κ2) is 6.60. The molecule has 1 amide bonds. The minimum Gasteiger partial charge on any atom is -0.480 e. The quantitative estimate of drug-likeness (QED) is 0.632. The zero-order valence-corrected chi connectivity index (χ0v) is 10.7. The van der Waals surface area contributed by atoms with E-state index in [-0.39, 0.29) is 6.54 Å². The Morgan fingerprint density at radius 3 is 2.60 bits per heavy atom. The van der Waals surface area contributed by atoms with E-state index < -0.39 is 40.4 Å². The average molecular weight is 284 g/mol. The fraction of sp³-hybridized carbons (Fsp3) is 0.333. The number of carboxylic acids is 1. The van der Waals surface area contributed by atoms with E-state index >= 15 is 0 Å². The number of carboxylic acid groups (broad SMARTS) is 1. The first-order valence-corrected chi connectivity index (χ1v) is 5.81. The molecule has 1 aromatic rings. The van der Waals surface area contributed by atoms with Gasteiger partial charge in [0, 0.05) is 18.7 Å². The van der Waals surface area contributed by atoms with Gasteiger partial charge in [-0.3, -0.25) is 19.7 Å². The summed E-state index contributed by atoms with van der Waals surface area (Å²) in [7, 11) is 0. The molecule has 0 saturated carbocycles. The Kier molecular flexibility index (Phi) is 5.13. The maximum absolute atomic E-state index is 13.6. The number of nitro groups is 1. The van der Waals surface area contributed by atoms with Gasteiger partial charge in [0.05, 0.1) is 10.5 Å². The number of nitro benzene ring substituents is 1. The van der Waals surface area contributed by atoms with Crippen LogP contribution in [0.15, 0.2) is 18.2 Å². The molecule has 1 N–H and O–H groups in total. The van der Waals surface area contributed by atoms with Gasteiger partial charge >= 0.3 is 5.97 Å². The largest absolute Gasteiger partial charge is 0.480 e. The first kappa shape index (κ1) is 15.5. The van der Waals surface area contributed by atoms with E-state index in [4.69, 9.17) is 5.11 Å². The molecule has 1 aromatic carbocycles. The molecule has 0 spiro atoms. The molecule has 0 radical (unpaired) electrons. The van der Waals surface area contributed by atoms with Crippen LogP contribution in [0.25, 0.3) is 0 Å². The summed E-state index contributed by atoms with van der Waals surface area (Å²) in [6.45, 7) is 1.26. The molecule has 0 atom stereocenters. The Morgan fingerprint density at radius 1 is 1.45 bits per heavy atom. The predicted octanol–water partition coefficient (Wildman–Crippen LogP) is 1.67. The average Bonchev–Trinajstić information content (AvgIpc) is 2.37. The Hall–Kier alpha value is -2.51. The maximum Gasteiger partial charge on any atom is 0.323 e. The molecule has 20 heavy (non-hydrogen) atoms. The highest BCUT2D eigenvalue weighted by Crippen LogP contribution is 2.18. The molecule has 0 fully saturated rings. The zero-order chi connectivity index (χ0) is 15.3. The number of hydrogen-bond donors (Lipinski definition) is 1. The lowest BCUT2D eigenvalue weighted by atomic mass is 10.1. The number of halogens is 1. The van der Waals surface area contributed by atoms with E-state index in [1.807, 2.05) is 0 Å². The first-order chi connectivity index (χ1) is 9.36. The lowest BCUT2D eigenvalue weighted by Gasteiger charge is -2.20. The van der Waals surface area contributed by atoms with Gasteiger partial charge in [-0.25, -0.2) is 4.39 Å². The van der Waals surface area contributed by atoms with Crippen LogP contribution in [0, 0.1) is 15.9 Å². The summed E-state index contributed by atoms with van der Waals surface area (Å²) in [5.74, 6) is -3.04. The van der Waals surface area contributed by atoms with Gasteiger partial charge in [0.2, 0.25) is 0 Å². The summed E-state index contributed by atoms with van der Waals surface area (Å²) >= 11 is 0. The van der Waals surface area contributed by atoms with Crippen LogP contribution in [0.5, 0.6) is 0 Å². The highest BCUT2D eigenvalue weighted by atomic mass is 19.1. The molecular weight excluding hydrogens is 271 g/mol. The summed E-state index contributed by atoms with van der Waals surface area (Å²) in [5, 5.41) is 19.3. The molecule has 0 heterocycles. The third-order valence-corrected chi connectivity index (χ3v) is 2.50. The molecule has 0 saturated heterocycles. The molecule has 108 valence electrons. The van der Waals surface area contributed by atoms with Crippen LogP contribution in [-0.4, -0.2) is 39.9 Å². The van der Waals surface area contributed by atoms with Crippen molar-refractivity contribution in [3.05, 3.63) is 39.7 Å². The van der Waals surface area contributed by atoms with E-state index in [1.54, 1.807) is 6.92 Å². The van der Waals surface area contributed by atoms with Gasteiger partial charge in [-0.2, -0.15) is 0 Å². The van der Waals surface area contributed by atoms with Crippen LogP contribution in [0.2, 0.25) is 0 Å². The zero-order valence-electron chi connectivity index (χ0n) is 10.7. The second-order valence-electron chi connectivity index (χ2n) is 4.04. The standard InChI is InChI=1S/C12H13FN2O5/c1-2-5-14(7-11(16)17)12(18)9-6-8(15(19)20)3-4-10(9)13/h3-4,6H,2,5,7H2,1H3,(H,16,17). The molecule has 1 rings (SSSR count). The summed E-state index contributed by atoms with van der Waals surface area (Å²) in [6, 6.07) is 2.56. The number of aliphatic carboxylic acids is 1. The molecule has 0 bridgehead atoms. The smallest absolute Gasteiger partial charge is 0.323 e. The van der Waals surface area contributed by atoms with Crippen molar-refractivity contribution in [1.82, 2.24) is 4.90 Å². The van der Waals surface area contributed by atoms with Gasteiger partial charge in [0.25, 0.3) is 11.6 Å². The second-order valence-corrected chi connectivity index (χ2v) is 4.04. The van der Waals surface area contributed by atoms with E-state index in [1.165, 1.54) is 0 Å². The highest BCUT2D eigenvalue weighted by molar-refractivity contribution is 5.96. The molecule has 8 heteroatoms. The molecule has 0 aliphatic heterocycles. The minimum atomic E-state index is -1.24. The monoisotopic (exact) mass is 284 g/mol. The van der Waals surface area contributed by atoms with Crippen LogP contribution in [0.4, 0.5) is 10.1 Å². The van der Waals surface area contributed by atoms with Crippen molar-refractivity contribution in [3.63, 3.8) is 0 Å². The number of carbonyl (C=O) groups is 2. The number of rotatable bonds is 6. The number of amides is 1. The van der Waals surface area contributed by atoms with Crippen LogP contribution in [0.1, 0.15) is 23.7 Å². The van der Waals surface area contributed by atoms with Crippen LogP contribution >= 0.6 is 0 Å². The predicted molar refractivity (Wildman–Crippen MR) is 66.9 cm³/mol. The van der Waals surface area contributed by atoms with Crippen LogP contribution in [0.3, 0.4) is 0 Å². The number of non-ortho nitro benzene ring substituents is 1. The third-order valence-electron chi connectivity index (χ3n) is 2.50. The Balaban J connectivity index is 3.13. The molecule has 0 aliphatic rings. The van der Waals surface area contributed by atoms with Crippen LogP contribution in [-0.2, 0) is 4.79 Å². The Morgan fingerprint density at radius 2 is 2.10 bits per heavy atom. The molecule has 0 aromatic heterocycles. The van der Waals surface area contributed by atoms with Gasteiger partial charge in [-0.1, -0.05) is 6.92 Å². The van der Waals surface area contributed by atoms with Gasteiger partial charge in [-0.15, -0.1) is 0 Å². The van der Waals surface area contributed by atoms with Crippen molar-refractivity contribution >= 4 is 17.6 Å². The SMILES string of the molecule is CCCN(CC(=O)O)C(=O)c1cc([N+](=O)[O-])ccc1F. The van der Waals surface area contributed by atoms with E-state index in [0.29, 0.717) is 6.42 Å². The van der Waals surface area contributed by atoms with Gasteiger partial charge in [0.15, 0.2) is 0 Å². The molecule has 7 nitrogen and oxygen atoms in total. The third kappa shape index (κ3) is 3.74. The summed E-state index contributed by atoms with van der Waals surface area (Å²) in [5.41, 5.74) is -0.935. The minimum absolute atomic E-state index is 0.118. The lowest BCUT2D eigenvalue weighted by molar-refractivity contribution is -0.384. The number of benzene rings is 1. The number of hydrogen-bond acceptors (Lipinski definition) is 4. The Bertz CT molecular complexity index is 547. The van der Waals surface area contributed by atoms with Crippen molar-refractivity contribution in [2.24, 2.45) is 0 Å². The molecular formula is C12H13FN2O5. The van der Waals surface area contributed by atoms with Crippen molar-refractivity contribution in [3.8, 4) is 0 Å². The summed E-state index contributed by atoms with van der Waals surface area (Å²) in [4.78, 5) is 33.6. The van der Waals surface area contributed by atoms with Gasteiger partial charge < -0.3 is 10.0 Å². The van der Waals surface area contributed by atoms with Crippen molar-refractivity contribution in [2.75, 3.05) is 13.1 Å². The fourth-order valence-electron chi connectivity index (χ4n) is 1.65. The lowest BCUT2D eigenvalue weighted by Crippen LogP contribution is -2.36. The normalized spacial score (nSPS) is 10.1. The van der Waals surface area contributed by atoms with Crippen molar-refractivity contribution in [1.29, 1.82) is 0 Å². The van der Waals surface area contributed by atoms with E-state index in [0.717, 1.165) is 23.1 Å². The van der Waals surface area contributed by atoms with E-state index in [9.17, 15) is 24.1 Å². The van der Waals surface area contributed by atoms with Crippen molar-refractivity contribution < 1.29 is 24.0 Å². The Labute approximate surface area is 113 Å². The van der Waals surface area contributed by atoms with Gasteiger partial charge in [-0.05, 0) is 12.5 Å². The first-order valence-electron chi connectivity index (χ1n) is 5.81. The topological polar surface area (TPSA) is 101 Å². The number of nitrogens with zero attached hydrogens (tertiary/aromatic N) is 2. The molecule has 0 aliphatic carbocycles. The highest BCUT2D eigenvalue weighted by Gasteiger charge is 2.23. The fourth-order valence-corrected chi connectivity index (χ4v) is 1.65. The summed E-state index contributed by atoms with van der Waals surface area (Å²) in [6.07, 6.45) is 0.482. The van der Waals surface area contributed by atoms with E-state index in [2.05, 4.69) is 0 Å². The maximum atomic E-state index is 13.6. The molecule has 0 unspecified atom stereocenters. The van der Waals surface area contributed by atoms with Crippen LogP contribution < -0.4 is 0 Å².